The van der Waals surface area contributed by atoms with Crippen LogP contribution in [0.5, 0.6) is 11.5 Å². The van der Waals surface area contributed by atoms with Crippen LogP contribution >= 0.6 is 0 Å². The van der Waals surface area contributed by atoms with E-state index in [1.165, 1.54) is 6.92 Å². The van der Waals surface area contributed by atoms with Crippen LogP contribution in [-0.4, -0.2) is 157 Å². The van der Waals surface area contributed by atoms with Gasteiger partial charge in [-0.25, -0.2) is 0 Å². The molecule has 0 amide bonds. The molecule has 3 saturated heterocycles. The summed E-state index contributed by atoms with van der Waals surface area (Å²) in [6.45, 7) is 23.6. The van der Waals surface area contributed by atoms with Crippen LogP contribution < -0.4 is 25.4 Å². The average Bonchev–Trinajstić information content (AvgIpc) is 3.24. The van der Waals surface area contributed by atoms with Gasteiger partial charge in [0.2, 0.25) is 0 Å². The van der Waals surface area contributed by atoms with Gasteiger partial charge in [-0.2, -0.15) is 0 Å². The number of hydrogen-bond acceptors (Lipinski definition) is 16. The normalized spacial score (nSPS) is 43.1. The molecule has 1 aromatic carbocycles. The molecule has 7 N–H and O–H groups in total. The van der Waals surface area contributed by atoms with Crippen molar-refractivity contribution in [1.29, 1.82) is 0 Å². The van der Waals surface area contributed by atoms with E-state index in [4.69, 9.17) is 37.9 Å². The second-order valence-electron chi connectivity index (χ2n) is 19.6. The Labute approximate surface area is 383 Å². The Morgan fingerprint density at radius 1 is 0.938 bits per heavy atom. The minimum Gasteiger partial charge on any atom is -0.494 e. The van der Waals surface area contributed by atoms with Crippen molar-refractivity contribution >= 4 is 5.97 Å². The summed E-state index contributed by atoms with van der Waals surface area (Å²) in [6.07, 6.45) is -6.25. The van der Waals surface area contributed by atoms with Crippen LogP contribution in [0.4, 0.5) is 0 Å². The molecule has 0 aromatic heterocycles. The largest absolute Gasteiger partial charge is 0.494 e. The number of nitrogens with one attached hydrogen (secondary N) is 3. The summed E-state index contributed by atoms with van der Waals surface area (Å²) in [7, 11) is 3.41. The lowest BCUT2D eigenvalue weighted by molar-refractivity contribution is -0.335. The molecule has 16 nitrogen and oxygen atoms in total. The molecule has 0 bridgehead atoms. The second-order valence-corrected chi connectivity index (χ2v) is 19.6. The molecule has 0 saturated carbocycles. The predicted octanol–water partition coefficient (Wildman–Crippen LogP) is 4.07. The summed E-state index contributed by atoms with van der Waals surface area (Å²) in [6, 6.07) is 6.55. The van der Waals surface area contributed by atoms with Gasteiger partial charge in [-0.15, -0.1) is 0 Å². The van der Waals surface area contributed by atoms with Crippen LogP contribution in [0.2, 0.25) is 0 Å². The van der Waals surface area contributed by atoms with Crippen LogP contribution in [0.3, 0.4) is 0 Å². The van der Waals surface area contributed by atoms with Crippen LogP contribution in [-0.2, 0) is 33.2 Å². The quantitative estimate of drug-likeness (QED) is 0.0978. The number of benzene rings is 1. The van der Waals surface area contributed by atoms with Gasteiger partial charge in [0.05, 0.1) is 48.6 Å². The number of methoxy groups -OCH3 is 1. The van der Waals surface area contributed by atoms with Crippen LogP contribution in [0.15, 0.2) is 24.3 Å². The van der Waals surface area contributed by atoms with Crippen molar-refractivity contribution in [3.8, 4) is 11.5 Å². The van der Waals surface area contributed by atoms with Crippen molar-refractivity contribution in [2.75, 3.05) is 40.4 Å². The molecule has 3 aliphatic rings. The number of carbonyl (C=O) groups is 1. The van der Waals surface area contributed by atoms with E-state index in [1.54, 1.807) is 41.7 Å². The first kappa shape index (κ1) is 54.4. The first-order valence-corrected chi connectivity index (χ1v) is 23.8. The average molecular weight is 912 g/mol. The van der Waals surface area contributed by atoms with Gasteiger partial charge < -0.3 is 74.3 Å². The molecule has 0 radical (unpaired) electrons. The molecule has 0 spiro atoms. The number of rotatable bonds is 15. The van der Waals surface area contributed by atoms with E-state index in [-0.39, 0.29) is 43.9 Å². The maximum absolute atomic E-state index is 14.6. The number of hydrogen-bond donors (Lipinski definition) is 7. The van der Waals surface area contributed by atoms with E-state index in [9.17, 15) is 25.2 Å². The zero-order valence-corrected chi connectivity index (χ0v) is 41.2. The molecule has 3 fully saturated rings. The topological polar surface area (TPSA) is 208 Å². The second kappa shape index (κ2) is 23.2. The Hall–Kier alpha value is -2.19. The van der Waals surface area contributed by atoms with E-state index in [0.29, 0.717) is 37.6 Å². The number of esters is 1. The Morgan fingerprint density at radius 2 is 1.62 bits per heavy atom. The fourth-order valence-corrected chi connectivity index (χ4v) is 10.1. The Kier molecular flexibility index (Phi) is 19.7. The monoisotopic (exact) mass is 912 g/mol. The standard InChI is InChI=1S/C48H85N3O13/c1-15-21-50-27-48(56)33(9)60-38(25-46(48,11)57-14)63-39-30(6)42(64-44-40(36(49-13)22-29(5)59-44)61-35-20-18-19-34(23-35)58-17-3)45(10,54)24-28(4)26-51-32(8)41(52)47(12,55)37(16-2)62-43(53)31(39)7/h18-20,23,28-33,36-42,44,49-52,54-56H,15-17,21-22,24-27H2,1-14H3/t28-,29-,30+,31-,32-,33+,36+,37-,38+,39+,40-,41-,42-,44+,45-,46-,47-,48+/m1/s1. The molecular formula is C48H85N3O13. The lowest BCUT2D eigenvalue weighted by atomic mass is 9.75. The van der Waals surface area contributed by atoms with E-state index in [2.05, 4.69) is 16.0 Å². The lowest BCUT2D eigenvalue weighted by Crippen LogP contribution is -2.70. The van der Waals surface area contributed by atoms with Gasteiger partial charge >= 0.3 is 5.97 Å². The number of aliphatic hydroxyl groups is 4. The number of ether oxygens (including phenoxy) is 8. The molecule has 3 aliphatic heterocycles. The minimum atomic E-state index is -1.83. The summed E-state index contributed by atoms with van der Waals surface area (Å²) >= 11 is 0. The summed E-state index contributed by atoms with van der Waals surface area (Å²) in [4.78, 5) is 14.6. The van der Waals surface area contributed by atoms with E-state index in [1.807, 2.05) is 72.9 Å². The first-order valence-electron chi connectivity index (χ1n) is 23.8. The van der Waals surface area contributed by atoms with Gasteiger partial charge in [0.1, 0.15) is 40.5 Å². The van der Waals surface area contributed by atoms with Crippen molar-refractivity contribution in [2.45, 2.75) is 205 Å². The number of aliphatic hydroxyl groups excluding tert-OH is 1. The summed E-state index contributed by atoms with van der Waals surface area (Å²) in [5.74, 6) is -1.48. The highest BCUT2D eigenvalue weighted by atomic mass is 16.7. The van der Waals surface area contributed by atoms with Gasteiger partial charge in [0.25, 0.3) is 0 Å². The van der Waals surface area contributed by atoms with Crippen molar-refractivity contribution in [2.24, 2.45) is 17.8 Å². The number of cyclic esters (lactones) is 1. The fraction of sp³-hybridized carbons (Fsp3) is 0.854. The predicted molar refractivity (Wildman–Crippen MR) is 243 cm³/mol. The maximum atomic E-state index is 14.6. The van der Waals surface area contributed by atoms with Crippen LogP contribution in [0.25, 0.3) is 0 Å². The Balaban J connectivity index is 1.85. The number of likely N-dealkylation sites (N-methyl/N-ethyl adjacent to an activating group) is 1. The van der Waals surface area contributed by atoms with Gasteiger partial charge in [0.15, 0.2) is 18.7 Å². The molecule has 64 heavy (non-hydrogen) atoms. The highest BCUT2D eigenvalue weighted by molar-refractivity contribution is 5.73. The third-order valence-corrected chi connectivity index (χ3v) is 14.1. The zero-order valence-electron chi connectivity index (χ0n) is 41.2. The van der Waals surface area contributed by atoms with Gasteiger partial charge in [-0.3, -0.25) is 4.79 Å². The van der Waals surface area contributed by atoms with Gasteiger partial charge in [-0.05, 0) is 119 Å². The third-order valence-electron chi connectivity index (χ3n) is 14.1. The highest BCUT2D eigenvalue weighted by Gasteiger charge is 2.58. The summed E-state index contributed by atoms with van der Waals surface area (Å²) < 4.78 is 51.9. The molecule has 370 valence electrons. The molecule has 18 atom stereocenters. The molecular weight excluding hydrogens is 827 g/mol. The lowest BCUT2D eigenvalue weighted by Gasteiger charge is -2.53. The SMILES string of the molecule is CCCNC[C@]1(O)[C@H](C)O[C@@H](O[C@H]2[C@H](C)[C@@H](O[C@@H]3O[C@H](C)C[C@H](NC)[C@H]3Oc3cccc(OCC)c3)[C@](C)(O)C[C@@H](C)CN[C@H](C)[C@@H](O)[C@](C)(O)[C@@H](CC)OC(=O)[C@@H]2C)C[C@@]1(C)OC. The first-order chi connectivity index (χ1) is 30.0. The van der Waals surface area contributed by atoms with E-state index >= 15 is 0 Å². The Bertz CT molecular complexity index is 1590. The zero-order chi connectivity index (χ0) is 47.8. The van der Waals surface area contributed by atoms with E-state index in [0.717, 1.165) is 6.42 Å². The molecule has 1 aromatic rings. The third kappa shape index (κ3) is 12.7. The van der Waals surface area contributed by atoms with Crippen LogP contribution in [0, 0.1) is 17.8 Å². The molecule has 4 rings (SSSR count). The summed E-state index contributed by atoms with van der Waals surface area (Å²) in [5, 5.41) is 58.4. The van der Waals surface area contributed by atoms with E-state index < -0.39 is 95.5 Å². The molecule has 0 aliphatic carbocycles. The minimum absolute atomic E-state index is 0.0912. The van der Waals surface area contributed by atoms with Crippen molar-refractivity contribution in [1.82, 2.24) is 16.0 Å². The van der Waals surface area contributed by atoms with Crippen molar-refractivity contribution in [3.63, 3.8) is 0 Å². The highest BCUT2D eigenvalue weighted by Crippen LogP contribution is 2.43. The molecule has 3 heterocycles. The fourth-order valence-electron chi connectivity index (χ4n) is 10.1. The smallest absolute Gasteiger partial charge is 0.311 e. The van der Waals surface area contributed by atoms with Crippen molar-refractivity contribution < 1.29 is 63.1 Å². The van der Waals surface area contributed by atoms with Crippen molar-refractivity contribution in [3.05, 3.63) is 24.3 Å². The van der Waals surface area contributed by atoms with Gasteiger partial charge in [0, 0.05) is 38.1 Å². The molecule has 0 unspecified atom stereocenters. The Morgan fingerprint density at radius 3 is 2.25 bits per heavy atom. The van der Waals surface area contributed by atoms with Gasteiger partial charge in [-0.1, -0.05) is 33.8 Å². The number of carbonyl (C=O) groups excluding carboxylic acids is 1. The summed E-state index contributed by atoms with van der Waals surface area (Å²) in [5.41, 5.74) is -6.00. The van der Waals surface area contributed by atoms with Crippen LogP contribution in [0.1, 0.15) is 115 Å². The maximum Gasteiger partial charge on any atom is 0.311 e. The molecule has 16 heteroatoms.